The second-order valence-electron chi connectivity index (χ2n) is 4.30. The lowest BCUT2D eigenvalue weighted by molar-refractivity contribution is 0.581. The molecule has 1 aromatic carbocycles. The molecular formula is C13H16N2O2S2. The molecule has 1 aromatic heterocycles. The number of nitrogens with one attached hydrogen (secondary N) is 1. The SMILES string of the molecule is Cc1cc(N)ccc1S(=O)(=O)NCCc1ccsc1. The van der Waals surface area contributed by atoms with Crippen LogP contribution in [0.3, 0.4) is 0 Å². The van der Waals surface area contributed by atoms with Crippen LogP contribution in [-0.2, 0) is 16.4 Å². The van der Waals surface area contributed by atoms with E-state index in [-0.39, 0.29) is 4.90 Å². The first-order valence-electron chi connectivity index (χ1n) is 5.86. The predicted octanol–water partition coefficient (Wildman–Crippen LogP) is 2.16. The van der Waals surface area contributed by atoms with Crippen molar-refractivity contribution in [1.29, 1.82) is 0 Å². The lowest BCUT2D eigenvalue weighted by Gasteiger charge is -2.09. The molecule has 0 amide bonds. The third kappa shape index (κ3) is 3.56. The van der Waals surface area contributed by atoms with Gasteiger partial charge in [0.1, 0.15) is 0 Å². The van der Waals surface area contributed by atoms with E-state index in [0.717, 1.165) is 5.56 Å². The van der Waals surface area contributed by atoms with E-state index >= 15 is 0 Å². The Hall–Kier alpha value is -1.37. The molecule has 0 saturated carbocycles. The summed E-state index contributed by atoms with van der Waals surface area (Å²) in [4.78, 5) is 0.284. The number of rotatable bonds is 5. The Morgan fingerprint density at radius 3 is 2.74 bits per heavy atom. The summed E-state index contributed by atoms with van der Waals surface area (Å²) >= 11 is 1.61. The van der Waals surface area contributed by atoms with Gasteiger partial charge in [0.05, 0.1) is 4.90 Å². The Morgan fingerprint density at radius 2 is 2.11 bits per heavy atom. The molecule has 0 atom stereocenters. The van der Waals surface area contributed by atoms with Crippen LogP contribution in [-0.4, -0.2) is 15.0 Å². The topological polar surface area (TPSA) is 72.2 Å². The van der Waals surface area contributed by atoms with Crippen molar-refractivity contribution in [2.24, 2.45) is 0 Å². The van der Waals surface area contributed by atoms with Gasteiger partial charge in [-0.2, -0.15) is 11.3 Å². The Labute approximate surface area is 117 Å². The maximum Gasteiger partial charge on any atom is 0.240 e. The summed E-state index contributed by atoms with van der Waals surface area (Å²) < 4.78 is 26.9. The van der Waals surface area contributed by atoms with Gasteiger partial charge >= 0.3 is 0 Å². The van der Waals surface area contributed by atoms with Gasteiger partial charge in [0, 0.05) is 12.2 Å². The van der Waals surface area contributed by atoms with Crippen LogP contribution in [0.5, 0.6) is 0 Å². The normalized spacial score (nSPS) is 11.6. The van der Waals surface area contributed by atoms with Gasteiger partial charge in [-0.15, -0.1) is 0 Å². The first-order valence-corrected chi connectivity index (χ1v) is 8.28. The first kappa shape index (κ1) is 14.0. The number of aryl methyl sites for hydroxylation is 1. The van der Waals surface area contributed by atoms with Crippen molar-refractivity contribution in [3.8, 4) is 0 Å². The highest BCUT2D eigenvalue weighted by atomic mass is 32.2. The van der Waals surface area contributed by atoms with Crippen LogP contribution in [0.15, 0.2) is 39.9 Å². The highest BCUT2D eigenvalue weighted by Crippen LogP contribution is 2.17. The van der Waals surface area contributed by atoms with Crippen molar-refractivity contribution >= 4 is 27.0 Å². The summed E-state index contributed by atoms with van der Waals surface area (Å²) in [5.74, 6) is 0. The minimum Gasteiger partial charge on any atom is -0.399 e. The Bertz CT molecular complexity index is 649. The summed E-state index contributed by atoms with van der Waals surface area (Å²) in [5.41, 5.74) is 7.98. The van der Waals surface area contributed by atoms with E-state index in [4.69, 9.17) is 5.73 Å². The van der Waals surface area contributed by atoms with Crippen molar-refractivity contribution in [3.05, 3.63) is 46.2 Å². The number of hydrogen-bond acceptors (Lipinski definition) is 4. The second-order valence-corrected chi connectivity index (χ2v) is 6.82. The molecule has 0 unspecified atom stereocenters. The zero-order valence-electron chi connectivity index (χ0n) is 10.6. The van der Waals surface area contributed by atoms with E-state index in [9.17, 15) is 8.42 Å². The molecule has 0 radical (unpaired) electrons. The number of nitrogens with two attached hydrogens (primary N) is 1. The fourth-order valence-corrected chi connectivity index (χ4v) is 3.78. The molecule has 19 heavy (non-hydrogen) atoms. The highest BCUT2D eigenvalue weighted by molar-refractivity contribution is 7.89. The third-order valence-corrected chi connectivity index (χ3v) is 5.13. The summed E-state index contributed by atoms with van der Waals surface area (Å²) in [6.07, 6.45) is 0.691. The maximum atomic E-state index is 12.1. The molecule has 1 heterocycles. The smallest absolute Gasteiger partial charge is 0.240 e. The zero-order chi connectivity index (χ0) is 13.9. The average molecular weight is 296 g/mol. The molecule has 0 bridgehead atoms. The molecule has 6 heteroatoms. The van der Waals surface area contributed by atoms with E-state index in [1.165, 1.54) is 6.07 Å². The van der Waals surface area contributed by atoms with Crippen LogP contribution in [0.25, 0.3) is 0 Å². The second kappa shape index (κ2) is 5.73. The van der Waals surface area contributed by atoms with Gasteiger partial charge in [0.2, 0.25) is 10.0 Å². The molecule has 0 aliphatic heterocycles. The van der Waals surface area contributed by atoms with Gasteiger partial charge in [-0.05, 0) is 59.5 Å². The molecule has 102 valence electrons. The largest absolute Gasteiger partial charge is 0.399 e. The van der Waals surface area contributed by atoms with E-state index in [0.29, 0.717) is 24.2 Å². The van der Waals surface area contributed by atoms with Crippen molar-refractivity contribution < 1.29 is 8.42 Å². The van der Waals surface area contributed by atoms with Gasteiger partial charge in [0.25, 0.3) is 0 Å². The molecular weight excluding hydrogens is 280 g/mol. The number of sulfonamides is 1. The monoisotopic (exact) mass is 296 g/mol. The summed E-state index contributed by atoms with van der Waals surface area (Å²) in [6, 6.07) is 6.79. The molecule has 0 spiro atoms. The highest BCUT2D eigenvalue weighted by Gasteiger charge is 2.16. The van der Waals surface area contributed by atoms with Gasteiger partial charge in [-0.25, -0.2) is 13.1 Å². The molecule has 0 saturated heterocycles. The standard InChI is InChI=1S/C13H16N2O2S2/c1-10-8-12(14)2-3-13(10)19(16,17)15-6-4-11-5-7-18-9-11/h2-3,5,7-9,15H,4,6,14H2,1H3. The van der Waals surface area contributed by atoms with Crippen LogP contribution in [0, 0.1) is 6.92 Å². The zero-order valence-corrected chi connectivity index (χ0v) is 12.2. The lowest BCUT2D eigenvalue weighted by Crippen LogP contribution is -2.26. The Balaban J connectivity index is 2.05. The van der Waals surface area contributed by atoms with Crippen LogP contribution in [0.2, 0.25) is 0 Å². The number of nitrogen functional groups attached to an aromatic ring is 1. The number of anilines is 1. The van der Waals surface area contributed by atoms with E-state index in [2.05, 4.69) is 4.72 Å². The average Bonchev–Trinajstić information content (AvgIpc) is 2.81. The lowest BCUT2D eigenvalue weighted by atomic mass is 10.2. The van der Waals surface area contributed by atoms with Crippen molar-refractivity contribution in [2.75, 3.05) is 12.3 Å². The number of benzene rings is 1. The Morgan fingerprint density at radius 1 is 1.32 bits per heavy atom. The molecule has 0 fully saturated rings. The molecule has 0 aliphatic rings. The fourth-order valence-electron chi connectivity index (χ4n) is 1.82. The molecule has 4 nitrogen and oxygen atoms in total. The minimum atomic E-state index is -3.46. The number of thiophene rings is 1. The molecule has 3 N–H and O–H groups in total. The van der Waals surface area contributed by atoms with Gasteiger partial charge in [-0.3, -0.25) is 0 Å². The molecule has 2 aromatic rings. The van der Waals surface area contributed by atoms with Crippen LogP contribution in [0.4, 0.5) is 5.69 Å². The van der Waals surface area contributed by atoms with Crippen molar-refractivity contribution in [3.63, 3.8) is 0 Å². The van der Waals surface area contributed by atoms with Crippen LogP contribution < -0.4 is 10.5 Å². The van der Waals surface area contributed by atoms with E-state index in [1.54, 1.807) is 30.4 Å². The quantitative estimate of drug-likeness (QED) is 0.831. The maximum absolute atomic E-state index is 12.1. The Kier molecular flexibility index (Phi) is 4.24. The minimum absolute atomic E-state index is 0.284. The summed E-state index contributed by atoms with van der Waals surface area (Å²) in [5, 5.41) is 4.00. The van der Waals surface area contributed by atoms with Crippen LogP contribution in [0.1, 0.15) is 11.1 Å². The van der Waals surface area contributed by atoms with Gasteiger partial charge in [-0.1, -0.05) is 0 Å². The predicted molar refractivity (Wildman–Crippen MR) is 78.8 cm³/mol. The third-order valence-electron chi connectivity index (χ3n) is 2.77. The first-order chi connectivity index (χ1) is 8.99. The van der Waals surface area contributed by atoms with Gasteiger partial charge < -0.3 is 5.73 Å². The summed E-state index contributed by atoms with van der Waals surface area (Å²) in [6.45, 7) is 2.13. The van der Waals surface area contributed by atoms with E-state index in [1.807, 2.05) is 16.8 Å². The molecule has 2 rings (SSSR count). The summed E-state index contributed by atoms with van der Waals surface area (Å²) in [7, 11) is -3.46. The van der Waals surface area contributed by atoms with Crippen LogP contribution >= 0.6 is 11.3 Å². The number of hydrogen-bond donors (Lipinski definition) is 2. The van der Waals surface area contributed by atoms with Crippen molar-refractivity contribution in [2.45, 2.75) is 18.2 Å². The van der Waals surface area contributed by atoms with E-state index < -0.39 is 10.0 Å². The van der Waals surface area contributed by atoms with Gasteiger partial charge in [0.15, 0.2) is 0 Å². The van der Waals surface area contributed by atoms with Crippen molar-refractivity contribution in [1.82, 2.24) is 4.72 Å². The fraction of sp³-hybridized carbons (Fsp3) is 0.231. The molecule has 0 aliphatic carbocycles.